The van der Waals surface area contributed by atoms with E-state index in [9.17, 15) is 4.79 Å². The Bertz CT molecular complexity index is 643. The minimum atomic E-state index is -0.238. The first-order chi connectivity index (χ1) is 9.00. The van der Waals surface area contributed by atoms with Crippen molar-refractivity contribution in [2.75, 3.05) is 5.32 Å². The number of benzene rings is 2. The number of anilines is 1. The van der Waals surface area contributed by atoms with E-state index in [1.54, 1.807) is 18.2 Å². The van der Waals surface area contributed by atoms with E-state index in [-0.39, 0.29) is 5.91 Å². The van der Waals surface area contributed by atoms with E-state index < -0.39 is 0 Å². The van der Waals surface area contributed by atoms with Crippen LogP contribution in [0.2, 0.25) is 5.02 Å². The summed E-state index contributed by atoms with van der Waals surface area (Å²) < 4.78 is 1.57. The molecule has 2 aromatic rings. The molecule has 2 rings (SSSR count). The molecule has 2 nitrogen and oxygen atoms in total. The number of rotatable bonds is 2. The van der Waals surface area contributed by atoms with Crippen LogP contribution >= 0.6 is 43.5 Å². The summed E-state index contributed by atoms with van der Waals surface area (Å²) in [4.78, 5) is 12.2. The van der Waals surface area contributed by atoms with Crippen LogP contribution in [0.4, 0.5) is 5.69 Å². The predicted octanol–water partition coefficient (Wildman–Crippen LogP) is 5.43. The van der Waals surface area contributed by atoms with Gasteiger partial charge in [0.2, 0.25) is 0 Å². The largest absolute Gasteiger partial charge is 0.321 e. The molecular formula is C14H10Br2ClNO. The van der Waals surface area contributed by atoms with Gasteiger partial charge >= 0.3 is 0 Å². The molecule has 2 aromatic carbocycles. The molecule has 0 atom stereocenters. The zero-order valence-corrected chi connectivity index (χ0v) is 13.9. The first-order valence-corrected chi connectivity index (χ1v) is 7.47. The Morgan fingerprint density at radius 2 is 1.84 bits per heavy atom. The van der Waals surface area contributed by atoms with Crippen molar-refractivity contribution in [3.63, 3.8) is 0 Å². The van der Waals surface area contributed by atoms with Crippen LogP contribution in [-0.4, -0.2) is 5.91 Å². The quantitative estimate of drug-likeness (QED) is 0.712. The van der Waals surface area contributed by atoms with Gasteiger partial charge in [0.1, 0.15) is 0 Å². The van der Waals surface area contributed by atoms with Crippen LogP contribution in [0.15, 0.2) is 45.3 Å². The lowest BCUT2D eigenvalue weighted by Crippen LogP contribution is -2.13. The molecule has 0 aliphatic carbocycles. The van der Waals surface area contributed by atoms with Gasteiger partial charge in [0.15, 0.2) is 0 Å². The van der Waals surface area contributed by atoms with Crippen LogP contribution in [0.5, 0.6) is 0 Å². The predicted molar refractivity (Wildman–Crippen MR) is 86.0 cm³/mol. The van der Waals surface area contributed by atoms with Crippen LogP contribution in [0.1, 0.15) is 15.9 Å². The molecule has 19 heavy (non-hydrogen) atoms. The minimum absolute atomic E-state index is 0.238. The smallest absolute Gasteiger partial charge is 0.257 e. The maximum absolute atomic E-state index is 12.2. The summed E-state index contributed by atoms with van der Waals surface area (Å²) in [6.07, 6.45) is 0. The Morgan fingerprint density at radius 3 is 2.58 bits per heavy atom. The molecule has 0 saturated heterocycles. The number of amides is 1. The summed E-state index contributed by atoms with van der Waals surface area (Å²) in [5.41, 5.74) is 2.21. The summed E-state index contributed by atoms with van der Waals surface area (Å²) in [5, 5.41) is 3.25. The summed E-state index contributed by atoms with van der Waals surface area (Å²) >= 11 is 12.9. The molecule has 5 heteroatoms. The monoisotopic (exact) mass is 401 g/mol. The Hall–Kier alpha value is -0.840. The second kappa shape index (κ2) is 6.07. The topological polar surface area (TPSA) is 29.1 Å². The fourth-order valence-electron chi connectivity index (χ4n) is 1.61. The molecule has 0 aliphatic rings. The third-order valence-electron chi connectivity index (χ3n) is 2.64. The Morgan fingerprint density at radius 1 is 1.16 bits per heavy atom. The zero-order chi connectivity index (χ0) is 14.0. The van der Waals surface area contributed by atoms with Gasteiger partial charge in [-0.05, 0) is 62.5 Å². The van der Waals surface area contributed by atoms with Gasteiger partial charge in [0.05, 0.1) is 16.3 Å². The Balaban J connectivity index is 2.31. The van der Waals surface area contributed by atoms with Gasteiger partial charge in [0, 0.05) is 8.95 Å². The van der Waals surface area contributed by atoms with E-state index in [4.69, 9.17) is 11.6 Å². The second-order valence-corrected chi connectivity index (χ2v) is 6.02. The molecule has 0 unspecified atom stereocenters. The molecule has 0 radical (unpaired) electrons. The van der Waals surface area contributed by atoms with Crippen molar-refractivity contribution in [1.29, 1.82) is 0 Å². The third-order valence-corrected chi connectivity index (χ3v) is 4.99. The van der Waals surface area contributed by atoms with Gasteiger partial charge in [0.25, 0.3) is 5.91 Å². The average molecular weight is 404 g/mol. The minimum Gasteiger partial charge on any atom is -0.321 e. The lowest BCUT2D eigenvalue weighted by Gasteiger charge is -2.10. The molecular weight excluding hydrogens is 393 g/mol. The number of aryl methyl sites for hydroxylation is 1. The van der Waals surface area contributed by atoms with Crippen molar-refractivity contribution < 1.29 is 4.79 Å². The van der Waals surface area contributed by atoms with Crippen LogP contribution in [-0.2, 0) is 0 Å². The number of hydrogen-bond donors (Lipinski definition) is 1. The molecule has 0 bridgehead atoms. The van der Waals surface area contributed by atoms with E-state index in [1.807, 2.05) is 25.1 Å². The SMILES string of the molecule is Cc1cccc(NC(=O)c2cccc(Br)c2Cl)c1Br. The third kappa shape index (κ3) is 3.19. The van der Waals surface area contributed by atoms with Crippen molar-refractivity contribution in [2.24, 2.45) is 0 Å². The summed E-state index contributed by atoms with van der Waals surface area (Å²) in [7, 11) is 0. The molecule has 0 aliphatic heterocycles. The van der Waals surface area contributed by atoms with Gasteiger partial charge < -0.3 is 5.32 Å². The van der Waals surface area contributed by atoms with Crippen LogP contribution in [0.3, 0.4) is 0 Å². The Kier molecular flexibility index (Phi) is 4.66. The van der Waals surface area contributed by atoms with Crippen molar-refractivity contribution in [3.8, 4) is 0 Å². The first-order valence-electron chi connectivity index (χ1n) is 5.51. The molecule has 98 valence electrons. The lowest BCUT2D eigenvalue weighted by molar-refractivity contribution is 0.102. The normalized spacial score (nSPS) is 10.3. The summed E-state index contributed by atoms with van der Waals surface area (Å²) in [6, 6.07) is 10.9. The highest BCUT2D eigenvalue weighted by atomic mass is 79.9. The molecule has 0 saturated carbocycles. The average Bonchev–Trinajstić information content (AvgIpc) is 2.38. The van der Waals surface area contributed by atoms with Crippen molar-refractivity contribution in [2.45, 2.75) is 6.92 Å². The Labute approximate surface area is 133 Å². The molecule has 0 fully saturated rings. The van der Waals surface area contributed by atoms with Crippen LogP contribution in [0.25, 0.3) is 0 Å². The molecule has 1 amide bonds. The molecule has 0 aromatic heterocycles. The lowest BCUT2D eigenvalue weighted by atomic mass is 10.2. The van der Waals surface area contributed by atoms with Gasteiger partial charge in [-0.25, -0.2) is 0 Å². The van der Waals surface area contributed by atoms with Gasteiger partial charge in [-0.1, -0.05) is 29.8 Å². The number of halogens is 3. The van der Waals surface area contributed by atoms with Gasteiger partial charge in [-0.15, -0.1) is 0 Å². The molecule has 0 heterocycles. The van der Waals surface area contributed by atoms with E-state index in [1.165, 1.54) is 0 Å². The van der Waals surface area contributed by atoms with Gasteiger partial charge in [-0.2, -0.15) is 0 Å². The number of hydrogen-bond acceptors (Lipinski definition) is 1. The number of carbonyl (C=O) groups excluding carboxylic acids is 1. The van der Waals surface area contributed by atoms with E-state index >= 15 is 0 Å². The van der Waals surface area contributed by atoms with Crippen LogP contribution in [0, 0.1) is 6.92 Å². The summed E-state index contributed by atoms with van der Waals surface area (Å²) in [5.74, 6) is -0.238. The van der Waals surface area contributed by atoms with E-state index in [0.717, 1.165) is 15.7 Å². The standard InChI is InChI=1S/C14H10Br2ClNO/c1-8-4-2-7-11(12(8)16)18-14(19)9-5-3-6-10(15)13(9)17/h2-7H,1H3,(H,18,19). The first kappa shape index (κ1) is 14.6. The fourth-order valence-corrected chi connectivity index (χ4v) is 2.55. The van der Waals surface area contributed by atoms with Gasteiger partial charge in [-0.3, -0.25) is 4.79 Å². The maximum atomic E-state index is 12.2. The highest BCUT2D eigenvalue weighted by Gasteiger charge is 2.14. The van der Waals surface area contributed by atoms with Crippen LogP contribution < -0.4 is 5.32 Å². The molecule has 0 spiro atoms. The highest BCUT2D eigenvalue weighted by molar-refractivity contribution is 9.11. The number of carbonyl (C=O) groups is 1. The maximum Gasteiger partial charge on any atom is 0.257 e. The highest BCUT2D eigenvalue weighted by Crippen LogP contribution is 2.29. The van der Waals surface area contributed by atoms with Crippen molar-refractivity contribution in [3.05, 3.63) is 61.5 Å². The zero-order valence-electron chi connectivity index (χ0n) is 10.0. The van der Waals surface area contributed by atoms with E-state index in [0.29, 0.717) is 15.1 Å². The molecule has 1 N–H and O–H groups in total. The second-order valence-electron chi connectivity index (χ2n) is 3.99. The van der Waals surface area contributed by atoms with E-state index in [2.05, 4.69) is 37.2 Å². The van der Waals surface area contributed by atoms with Crippen molar-refractivity contribution in [1.82, 2.24) is 0 Å². The number of nitrogens with one attached hydrogen (secondary N) is 1. The van der Waals surface area contributed by atoms with Crippen molar-refractivity contribution >= 4 is 55.1 Å². The fraction of sp³-hybridized carbons (Fsp3) is 0.0714. The summed E-state index contributed by atoms with van der Waals surface area (Å²) in [6.45, 7) is 1.96.